The van der Waals surface area contributed by atoms with Crippen LogP contribution in [0.3, 0.4) is 0 Å². The Kier molecular flexibility index (Phi) is 4.71. The van der Waals surface area contributed by atoms with Crippen molar-refractivity contribution in [3.05, 3.63) is 24.0 Å². The minimum absolute atomic E-state index is 0.0307. The summed E-state index contributed by atoms with van der Waals surface area (Å²) in [7, 11) is 1.99. The number of nitrogens with two attached hydrogens (primary N) is 1. The van der Waals surface area contributed by atoms with Gasteiger partial charge >= 0.3 is 0 Å². The Bertz CT molecular complexity index is 309. The lowest BCUT2D eigenvalue weighted by Crippen LogP contribution is -2.22. The lowest BCUT2D eigenvalue weighted by molar-refractivity contribution is 0.187. The van der Waals surface area contributed by atoms with E-state index < -0.39 is 0 Å². The molecule has 2 unspecified atom stereocenters. The van der Waals surface area contributed by atoms with E-state index in [-0.39, 0.29) is 12.1 Å². The first kappa shape index (κ1) is 12.9. The molecule has 16 heavy (non-hydrogen) atoms. The van der Waals surface area contributed by atoms with Crippen LogP contribution in [0.25, 0.3) is 0 Å². The number of hydrogen-bond acceptors (Lipinski definition) is 4. The number of pyridine rings is 1. The molecule has 4 nitrogen and oxygen atoms in total. The summed E-state index contributed by atoms with van der Waals surface area (Å²) in [5.41, 5.74) is 7.67. The van der Waals surface area contributed by atoms with E-state index in [9.17, 15) is 5.11 Å². The van der Waals surface area contributed by atoms with E-state index in [2.05, 4.69) is 9.88 Å². The highest BCUT2D eigenvalue weighted by molar-refractivity contribution is 5.43. The van der Waals surface area contributed by atoms with Gasteiger partial charge in [0.15, 0.2) is 0 Å². The Morgan fingerprint density at radius 2 is 2.12 bits per heavy atom. The van der Waals surface area contributed by atoms with Crippen molar-refractivity contribution in [3.63, 3.8) is 0 Å². The Labute approximate surface area is 97.1 Å². The molecule has 0 aliphatic rings. The van der Waals surface area contributed by atoms with Crippen LogP contribution in [0.15, 0.2) is 18.3 Å². The number of nitrogens with zero attached hydrogens (tertiary/aromatic N) is 2. The van der Waals surface area contributed by atoms with Crippen molar-refractivity contribution in [1.29, 1.82) is 0 Å². The van der Waals surface area contributed by atoms with Gasteiger partial charge in [-0.1, -0.05) is 0 Å². The van der Waals surface area contributed by atoms with E-state index in [1.165, 1.54) is 0 Å². The summed E-state index contributed by atoms with van der Waals surface area (Å²) >= 11 is 0. The van der Waals surface area contributed by atoms with Crippen molar-refractivity contribution in [1.82, 2.24) is 4.98 Å². The number of aromatic nitrogens is 1. The molecule has 0 radical (unpaired) electrons. The maximum atomic E-state index is 9.21. The molecule has 0 saturated heterocycles. The minimum Gasteiger partial charge on any atom is -0.393 e. The van der Waals surface area contributed by atoms with Gasteiger partial charge in [0.25, 0.3) is 0 Å². The van der Waals surface area contributed by atoms with Gasteiger partial charge in [-0.05, 0) is 32.4 Å². The molecule has 0 saturated carbocycles. The van der Waals surface area contributed by atoms with Crippen molar-refractivity contribution in [3.8, 4) is 0 Å². The van der Waals surface area contributed by atoms with Gasteiger partial charge in [0.05, 0.1) is 23.7 Å². The lowest BCUT2D eigenvalue weighted by Gasteiger charge is -2.20. The highest BCUT2D eigenvalue weighted by atomic mass is 16.3. The zero-order valence-corrected chi connectivity index (χ0v) is 10.2. The molecular weight excluding hydrogens is 202 g/mol. The number of hydrogen-bond donors (Lipinski definition) is 2. The monoisotopic (exact) mass is 223 g/mol. The summed E-state index contributed by atoms with van der Waals surface area (Å²) in [4.78, 5) is 6.37. The summed E-state index contributed by atoms with van der Waals surface area (Å²) in [6, 6.07) is 3.92. The fourth-order valence-corrected chi connectivity index (χ4v) is 1.40. The van der Waals surface area contributed by atoms with Crippen LogP contribution in [0, 0.1) is 0 Å². The van der Waals surface area contributed by atoms with Gasteiger partial charge in [-0.2, -0.15) is 0 Å². The number of aliphatic hydroxyl groups excluding tert-OH is 1. The molecule has 0 aliphatic heterocycles. The van der Waals surface area contributed by atoms with Crippen molar-refractivity contribution in [2.75, 3.05) is 18.5 Å². The molecule has 1 heterocycles. The quantitative estimate of drug-likeness (QED) is 0.790. The molecule has 1 aromatic rings. The van der Waals surface area contributed by atoms with Crippen molar-refractivity contribution in [2.45, 2.75) is 32.4 Å². The van der Waals surface area contributed by atoms with Gasteiger partial charge in [0, 0.05) is 19.6 Å². The smallest absolute Gasteiger partial charge is 0.0569 e. The van der Waals surface area contributed by atoms with E-state index >= 15 is 0 Å². The predicted molar refractivity (Wildman–Crippen MR) is 66.4 cm³/mol. The molecule has 90 valence electrons. The minimum atomic E-state index is -0.265. The summed E-state index contributed by atoms with van der Waals surface area (Å²) in [5.74, 6) is 0. The van der Waals surface area contributed by atoms with Crippen molar-refractivity contribution < 1.29 is 5.11 Å². The lowest BCUT2D eigenvalue weighted by atomic mass is 10.2. The summed E-state index contributed by atoms with van der Waals surface area (Å²) in [5, 5.41) is 9.21. The Balaban J connectivity index is 2.59. The zero-order chi connectivity index (χ0) is 12.1. The number of aliphatic hydroxyl groups is 1. The fourth-order valence-electron chi connectivity index (χ4n) is 1.40. The van der Waals surface area contributed by atoms with Crippen LogP contribution in [0.2, 0.25) is 0 Å². The molecular formula is C12H21N3O. The largest absolute Gasteiger partial charge is 0.393 e. The zero-order valence-electron chi connectivity index (χ0n) is 10.2. The maximum Gasteiger partial charge on any atom is 0.0569 e. The van der Waals surface area contributed by atoms with Crippen molar-refractivity contribution in [2.24, 2.45) is 5.73 Å². The molecule has 3 N–H and O–H groups in total. The van der Waals surface area contributed by atoms with Crippen LogP contribution < -0.4 is 10.6 Å². The Morgan fingerprint density at radius 1 is 1.44 bits per heavy atom. The molecule has 0 fully saturated rings. The standard InChI is InChI=1S/C12H21N3O/c1-9(16)6-7-15(3)11-4-5-12(10(2)13)14-8-11/h4-5,8-10,16H,6-7,13H2,1-3H3. The van der Waals surface area contributed by atoms with Crippen LogP contribution >= 0.6 is 0 Å². The molecule has 0 bridgehead atoms. The number of rotatable bonds is 5. The second-order valence-corrected chi connectivity index (χ2v) is 4.29. The van der Waals surface area contributed by atoms with Gasteiger partial charge in [-0.25, -0.2) is 0 Å². The Hall–Kier alpha value is -1.13. The second-order valence-electron chi connectivity index (χ2n) is 4.29. The normalized spacial score (nSPS) is 14.6. The van der Waals surface area contributed by atoms with E-state index in [0.717, 1.165) is 24.3 Å². The van der Waals surface area contributed by atoms with E-state index in [4.69, 9.17) is 5.73 Å². The van der Waals surface area contributed by atoms with Crippen LogP contribution in [0.1, 0.15) is 32.0 Å². The van der Waals surface area contributed by atoms with Crippen LogP contribution in [0.5, 0.6) is 0 Å². The third-order valence-corrected chi connectivity index (χ3v) is 2.56. The van der Waals surface area contributed by atoms with Crippen LogP contribution in [-0.2, 0) is 0 Å². The van der Waals surface area contributed by atoms with Gasteiger partial charge in [-0.3, -0.25) is 4.98 Å². The third kappa shape index (κ3) is 3.79. The SMILES string of the molecule is CC(O)CCN(C)c1ccc(C(C)N)nc1. The second kappa shape index (κ2) is 5.82. The summed E-state index contributed by atoms with van der Waals surface area (Å²) in [6.07, 6.45) is 2.31. The van der Waals surface area contributed by atoms with E-state index in [0.29, 0.717) is 0 Å². The highest BCUT2D eigenvalue weighted by Gasteiger charge is 2.05. The molecule has 2 atom stereocenters. The first-order chi connectivity index (χ1) is 7.50. The predicted octanol–water partition coefficient (Wildman–Crippen LogP) is 1.31. The topological polar surface area (TPSA) is 62.4 Å². The molecule has 0 spiro atoms. The third-order valence-electron chi connectivity index (χ3n) is 2.56. The van der Waals surface area contributed by atoms with Gasteiger partial charge < -0.3 is 15.7 Å². The summed E-state index contributed by atoms with van der Waals surface area (Å²) in [6.45, 7) is 4.53. The average molecular weight is 223 g/mol. The number of anilines is 1. The fraction of sp³-hybridized carbons (Fsp3) is 0.583. The molecule has 0 aromatic carbocycles. The van der Waals surface area contributed by atoms with Gasteiger partial charge in [-0.15, -0.1) is 0 Å². The van der Waals surface area contributed by atoms with Crippen LogP contribution in [-0.4, -0.2) is 29.8 Å². The molecule has 1 rings (SSSR count). The summed E-state index contributed by atoms with van der Waals surface area (Å²) < 4.78 is 0. The molecule has 0 aliphatic carbocycles. The first-order valence-corrected chi connectivity index (χ1v) is 5.61. The van der Waals surface area contributed by atoms with Crippen molar-refractivity contribution >= 4 is 5.69 Å². The van der Waals surface area contributed by atoms with Gasteiger partial charge in [0.2, 0.25) is 0 Å². The first-order valence-electron chi connectivity index (χ1n) is 5.61. The van der Waals surface area contributed by atoms with E-state index in [1.807, 2.05) is 32.3 Å². The average Bonchev–Trinajstić information content (AvgIpc) is 2.26. The highest BCUT2D eigenvalue weighted by Crippen LogP contribution is 2.14. The van der Waals surface area contributed by atoms with Crippen LogP contribution in [0.4, 0.5) is 5.69 Å². The molecule has 1 aromatic heterocycles. The van der Waals surface area contributed by atoms with E-state index in [1.54, 1.807) is 6.92 Å². The Morgan fingerprint density at radius 3 is 2.56 bits per heavy atom. The molecule has 4 heteroatoms. The maximum absolute atomic E-state index is 9.21. The molecule has 0 amide bonds. The van der Waals surface area contributed by atoms with Gasteiger partial charge in [0.1, 0.15) is 0 Å².